The number of methoxy groups -OCH3 is 1. The highest BCUT2D eigenvalue weighted by atomic mass is 32.2. The lowest BCUT2D eigenvalue weighted by Crippen LogP contribution is -2.40. The van der Waals surface area contributed by atoms with E-state index < -0.39 is 9.84 Å². The van der Waals surface area contributed by atoms with Crippen molar-refractivity contribution in [1.29, 1.82) is 0 Å². The third kappa shape index (κ3) is 5.00. The Balaban J connectivity index is 1.91. The molecule has 0 saturated carbocycles. The molecule has 1 aromatic rings. The number of hydrogen-bond donors (Lipinski definition) is 1. The Labute approximate surface area is 127 Å². The van der Waals surface area contributed by atoms with Crippen LogP contribution in [0.25, 0.3) is 0 Å². The number of fused-ring (bicyclic) bond motifs is 1. The first-order chi connectivity index (χ1) is 9.87. The van der Waals surface area contributed by atoms with Crippen LogP contribution in [0.3, 0.4) is 0 Å². The lowest BCUT2D eigenvalue weighted by atomic mass is 9.87. The van der Waals surface area contributed by atoms with E-state index in [0.717, 1.165) is 25.0 Å². The predicted molar refractivity (Wildman–Crippen MR) is 85.7 cm³/mol. The van der Waals surface area contributed by atoms with E-state index in [2.05, 4.69) is 24.4 Å². The summed E-state index contributed by atoms with van der Waals surface area (Å²) in [6.07, 6.45) is 5.11. The van der Waals surface area contributed by atoms with Crippen LogP contribution in [0.5, 0.6) is 5.75 Å². The lowest BCUT2D eigenvalue weighted by Gasteiger charge is -2.28. The highest BCUT2D eigenvalue weighted by Crippen LogP contribution is 2.25. The number of nitrogens with one attached hydrogen (secondary N) is 1. The molecule has 21 heavy (non-hydrogen) atoms. The van der Waals surface area contributed by atoms with Gasteiger partial charge in [0, 0.05) is 18.3 Å². The molecule has 5 heteroatoms. The zero-order valence-electron chi connectivity index (χ0n) is 13.1. The minimum atomic E-state index is -2.87. The average Bonchev–Trinajstić information content (AvgIpc) is 2.43. The minimum absolute atomic E-state index is 0.219. The summed E-state index contributed by atoms with van der Waals surface area (Å²) in [6.45, 7) is 2.06. The normalized spacial score (nSPS) is 19.9. The molecule has 0 amide bonds. The zero-order valence-corrected chi connectivity index (χ0v) is 13.9. The molecule has 0 bridgehead atoms. The fraction of sp³-hybridized carbons (Fsp3) is 0.625. The monoisotopic (exact) mass is 311 g/mol. The van der Waals surface area contributed by atoms with Gasteiger partial charge in [-0.15, -0.1) is 0 Å². The van der Waals surface area contributed by atoms with Gasteiger partial charge in [0.15, 0.2) is 0 Å². The van der Waals surface area contributed by atoms with E-state index in [1.54, 1.807) is 7.11 Å². The third-order valence-corrected chi connectivity index (χ3v) is 5.06. The maximum atomic E-state index is 11.2. The Hall–Kier alpha value is -1.07. The molecule has 0 spiro atoms. The number of hydrogen-bond acceptors (Lipinski definition) is 4. The van der Waals surface area contributed by atoms with Crippen molar-refractivity contribution in [3.8, 4) is 5.75 Å². The highest BCUT2D eigenvalue weighted by molar-refractivity contribution is 7.90. The van der Waals surface area contributed by atoms with E-state index in [-0.39, 0.29) is 11.8 Å². The summed E-state index contributed by atoms with van der Waals surface area (Å²) in [7, 11) is -1.19. The molecule has 0 fully saturated rings. The van der Waals surface area contributed by atoms with Crippen molar-refractivity contribution < 1.29 is 13.2 Å². The average molecular weight is 311 g/mol. The Morgan fingerprint density at radius 3 is 2.81 bits per heavy atom. The van der Waals surface area contributed by atoms with E-state index in [9.17, 15) is 8.42 Å². The molecular formula is C16H25NO3S. The second-order valence-corrected chi connectivity index (χ2v) is 8.32. The van der Waals surface area contributed by atoms with Gasteiger partial charge in [0.1, 0.15) is 15.6 Å². The van der Waals surface area contributed by atoms with Crippen LogP contribution in [0.1, 0.15) is 30.9 Å². The van der Waals surface area contributed by atoms with Crippen LogP contribution in [-0.4, -0.2) is 39.6 Å². The molecular weight excluding hydrogens is 286 g/mol. The number of rotatable bonds is 6. The van der Waals surface area contributed by atoms with Gasteiger partial charge in [-0.3, -0.25) is 0 Å². The van der Waals surface area contributed by atoms with Gasteiger partial charge in [-0.25, -0.2) is 8.42 Å². The van der Waals surface area contributed by atoms with Crippen molar-refractivity contribution in [2.24, 2.45) is 0 Å². The topological polar surface area (TPSA) is 55.4 Å². The zero-order chi connectivity index (χ0) is 15.5. The second kappa shape index (κ2) is 6.79. The summed E-state index contributed by atoms with van der Waals surface area (Å²) in [6, 6.07) is 6.92. The number of ether oxygens (including phenoxy) is 1. The molecule has 1 N–H and O–H groups in total. The minimum Gasteiger partial charge on any atom is -0.497 e. The summed E-state index contributed by atoms with van der Waals surface area (Å²) in [4.78, 5) is 0. The highest BCUT2D eigenvalue weighted by Gasteiger charge is 2.20. The second-order valence-electron chi connectivity index (χ2n) is 6.06. The molecule has 0 heterocycles. The van der Waals surface area contributed by atoms with Gasteiger partial charge in [0.25, 0.3) is 0 Å². The molecule has 0 unspecified atom stereocenters. The molecule has 0 saturated heterocycles. The van der Waals surface area contributed by atoms with Gasteiger partial charge in [-0.1, -0.05) is 6.07 Å². The van der Waals surface area contributed by atoms with Crippen LogP contribution < -0.4 is 10.1 Å². The van der Waals surface area contributed by atoms with E-state index in [4.69, 9.17) is 4.74 Å². The van der Waals surface area contributed by atoms with Gasteiger partial charge in [-0.2, -0.15) is 0 Å². The molecule has 1 aliphatic carbocycles. The Morgan fingerprint density at radius 2 is 2.14 bits per heavy atom. The fourth-order valence-corrected chi connectivity index (χ4v) is 3.66. The molecule has 1 aliphatic rings. The van der Waals surface area contributed by atoms with Crippen LogP contribution >= 0.6 is 0 Å². The maximum absolute atomic E-state index is 11.2. The maximum Gasteiger partial charge on any atom is 0.147 e. The molecule has 2 atom stereocenters. The first-order valence-electron chi connectivity index (χ1n) is 7.47. The molecule has 0 radical (unpaired) electrons. The van der Waals surface area contributed by atoms with Gasteiger partial charge >= 0.3 is 0 Å². The van der Waals surface area contributed by atoms with Gasteiger partial charge < -0.3 is 10.1 Å². The molecule has 0 aliphatic heterocycles. The third-order valence-electron chi connectivity index (χ3n) is 4.08. The molecule has 1 aromatic carbocycles. The van der Waals surface area contributed by atoms with Crippen LogP contribution in [0.15, 0.2) is 18.2 Å². The van der Waals surface area contributed by atoms with Gasteiger partial charge in [0.05, 0.1) is 12.9 Å². The standard InChI is InChI=1S/C16H25NO3S/c1-12(8-9-21(3,18)19)17-15-6-4-13-5-7-16(20-2)11-14(13)10-15/h5,7,11-12,15,17H,4,6,8-10H2,1-3H3/t12-,15-/m1/s1. The SMILES string of the molecule is COc1ccc2c(c1)C[C@H](N[C@H](C)CCS(C)(=O)=O)CC2. The number of sulfone groups is 1. The Morgan fingerprint density at radius 1 is 1.38 bits per heavy atom. The summed E-state index contributed by atoms with van der Waals surface area (Å²) < 4.78 is 27.7. The summed E-state index contributed by atoms with van der Waals surface area (Å²) in [5, 5.41) is 3.56. The predicted octanol–water partition coefficient (Wildman–Crippen LogP) is 1.97. The molecule has 4 nitrogen and oxygen atoms in total. The first-order valence-corrected chi connectivity index (χ1v) is 9.53. The van der Waals surface area contributed by atoms with Crippen LogP contribution in [-0.2, 0) is 22.7 Å². The molecule has 2 rings (SSSR count). The van der Waals surface area contributed by atoms with Gasteiger partial charge in [0.2, 0.25) is 0 Å². The number of aryl methyl sites for hydroxylation is 1. The van der Waals surface area contributed by atoms with E-state index >= 15 is 0 Å². The largest absolute Gasteiger partial charge is 0.497 e. The van der Waals surface area contributed by atoms with Crippen molar-refractivity contribution in [2.45, 2.75) is 44.7 Å². The van der Waals surface area contributed by atoms with Crippen molar-refractivity contribution in [2.75, 3.05) is 19.1 Å². The molecule has 118 valence electrons. The van der Waals surface area contributed by atoms with E-state index in [1.165, 1.54) is 17.4 Å². The van der Waals surface area contributed by atoms with Crippen molar-refractivity contribution >= 4 is 9.84 Å². The van der Waals surface area contributed by atoms with E-state index in [1.807, 2.05) is 6.07 Å². The van der Waals surface area contributed by atoms with Crippen molar-refractivity contribution in [3.63, 3.8) is 0 Å². The summed E-state index contributed by atoms with van der Waals surface area (Å²) >= 11 is 0. The van der Waals surface area contributed by atoms with Crippen LogP contribution in [0.2, 0.25) is 0 Å². The number of benzene rings is 1. The van der Waals surface area contributed by atoms with Gasteiger partial charge in [-0.05, 0) is 55.9 Å². The Kier molecular flexibility index (Phi) is 5.27. The summed E-state index contributed by atoms with van der Waals surface area (Å²) in [5.74, 6) is 1.15. The van der Waals surface area contributed by atoms with Crippen molar-refractivity contribution in [3.05, 3.63) is 29.3 Å². The lowest BCUT2D eigenvalue weighted by molar-refractivity contribution is 0.395. The Bertz CT molecular complexity index is 583. The van der Waals surface area contributed by atoms with Crippen molar-refractivity contribution in [1.82, 2.24) is 5.32 Å². The smallest absolute Gasteiger partial charge is 0.147 e. The van der Waals surface area contributed by atoms with Crippen LogP contribution in [0.4, 0.5) is 0 Å². The molecule has 0 aromatic heterocycles. The van der Waals surface area contributed by atoms with Crippen LogP contribution in [0, 0.1) is 0 Å². The van der Waals surface area contributed by atoms with E-state index in [0.29, 0.717) is 12.5 Å². The first kappa shape index (κ1) is 16.3. The quantitative estimate of drug-likeness (QED) is 0.872. The summed E-state index contributed by atoms with van der Waals surface area (Å²) in [5.41, 5.74) is 2.74. The fourth-order valence-electron chi connectivity index (χ4n) is 2.88.